The highest BCUT2D eigenvalue weighted by molar-refractivity contribution is 7.98. The standard InChI is InChI=1S/C26H22ClFN4O2S/c1-32(2)16-30-35-24-15-19(31-25(33)13-17-5-3-4-6-23(17)27)14-22-21(24)11-12-29-26(22)34-20-9-7-18(28)8-10-20/h3-12,14-16H,13H2,1-2H3,(H,31,33). The summed E-state index contributed by atoms with van der Waals surface area (Å²) in [5.74, 6) is 0.202. The van der Waals surface area contributed by atoms with Gasteiger partial charge < -0.3 is 15.0 Å². The molecule has 0 aliphatic rings. The summed E-state index contributed by atoms with van der Waals surface area (Å²) in [6.45, 7) is 0. The lowest BCUT2D eigenvalue weighted by molar-refractivity contribution is -0.115. The summed E-state index contributed by atoms with van der Waals surface area (Å²) in [6.07, 6.45) is 3.46. The van der Waals surface area contributed by atoms with Gasteiger partial charge in [-0.3, -0.25) is 4.79 Å². The summed E-state index contributed by atoms with van der Waals surface area (Å²) >= 11 is 7.48. The first-order chi connectivity index (χ1) is 16.9. The summed E-state index contributed by atoms with van der Waals surface area (Å²) in [4.78, 5) is 19.8. The van der Waals surface area contributed by atoms with Crippen LogP contribution in [0.15, 0.2) is 82.2 Å². The van der Waals surface area contributed by atoms with Gasteiger partial charge in [0.2, 0.25) is 11.8 Å². The second kappa shape index (κ2) is 11.2. The third kappa shape index (κ3) is 6.49. The number of hydrogen-bond donors (Lipinski definition) is 1. The Morgan fingerprint density at radius 1 is 1.14 bits per heavy atom. The van der Waals surface area contributed by atoms with Crippen molar-refractivity contribution in [3.8, 4) is 11.6 Å². The van der Waals surface area contributed by atoms with Crippen LogP contribution in [0.1, 0.15) is 5.56 Å². The van der Waals surface area contributed by atoms with Crippen molar-refractivity contribution in [1.29, 1.82) is 0 Å². The first-order valence-corrected chi connectivity index (χ1v) is 11.8. The molecule has 4 rings (SSSR count). The molecule has 0 saturated heterocycles. The number of benzene rings is 3. The van der Waals surface area contributed by atoms with Crippen LogP contribution in [-0.2, 0) is 11.2 Å². The van der Waals surface area contributed by atoms with Crippen molar-refractivity contribution >= 4 is 52.3 Å². The Hall–Kier alpha value is -3.62. The topological polar surface area (TPSA) is 66.8 Å². The van der Waals surface area contributed by atoms with Gasteiger partial charge in [0.05, 0.1) is 12.8 Å². The molecular formula is C26H22ClFN4O2S. The summed E-state index contributed by atoms with van der Waals surface area (Å²) in [5.41, 5.74) is 1.30. The van der Waals surface area contributed by atoms with Crippen LogP contribution in [0, 0.1) is 5.82 Å². The van der Waals surface area contributed by atoms with E-state index in [0.717, 1.165) is 15.8 Å². The molecule has 1 heterocycles. The van der Waals surface area contributed by atoms with Gasteiger partial charge in [-0.1, -0.05) is 29.8 Å². The van der Waals surface area contributed by atoms with Gasteiger partial charge in [-0.05, 0) is 54.1 Å². The molecule has 1 amide bonds. The Morgan fingerprint density at radius 2 is 1.91 bits per heavy atom. The monoisotopic (exact) mass is 508 g/mol. The minimum absolute atomic E-state index is 0.130. The van der Waals surface area contributed by atoms with Gasteiger partial charge in [0, 0.05) is 58.6 Å². The fraction of sp³-hybridized carbons (Fsp3) is 0.115. The van der Waals surface area contributed by atoms with Crippen LogP contribution in [0.25, 0.3) is 10.8 Å². The molecule has 4 aromatic rings. The Morgan fingerprint density at radius 3 is 2.66 bits per heavy atom. The van der Waals surface area contributed by atoms with Gasteiger partial charge in [0.25, 0.3) is 0 Å². The van der Waals surface area contributed by atoms with E-state index in [2.05, 4.69) is 14.7 Å². The van der Waals surface area contributed by atoms with Crippen molar-refractivity contribution in [1.82, 2.24) is 9.88 Å². The number of halogens is 2. The molecule has 6 nitrogen and oxygen atoms in total. The summed E-state index contributed by atoms with van der Waals surface area (Å²) in [7, 11) is 3.76. The maximum absolute atomic E-state index is 13.3. The molecule has 0 aliphatic heterocycles. The van der Waals surface area contributed by atoms with Crippen LogP contribution in [0.2, 0.25) is 5.02 Å². The molecule has 9 heteroatoms. The molecule has 0 aliphatic carbocycles. The SMILES string of the molecule is CN(C)C=NSc1cc(NC(=O)Cc2ccccc2Cl)cc2c(Oc3ccc(F)cc3)nccc12. The van der Waals surface area contributed by atoms with E-state index in [1.54, 1.807) is 24.7 Å². The number of carbonyl (C=O) groups excluding carboxylic acids is 1. The molecule has 0 atom stereocenters. The number of amides is 1. The first kappa shape index (κ1) is 24.5. The molecule has 0 unspecified atom stereocenters. The van der Waals surface area contributed by atoms with Gasteiger partial charge >= 0.3 is 0 Å². The third-order valence-corrected chi connectivity index (χ3v) is 5.96. The Balaban J connectivity index is 1.69. The largest absolute Gasteiger partial charge is 0.438 e. The van der Waals surface area contributed by atoms with E-state index in [0.29, 0.717) is 27.7 Å². The molecule has 3 aromatic carbocycles. The number of hydrogen-bond acceptors (Lipinski definition) is 5. The zero-order chi connectivity index (χ0) is 24.8. The minimum atomic E-state index is -0.357. The molecule has 0 spiro atoms. The number of rotatable bonds is 8. The van der Waals surface area contributed by atoms with Crippen molar-refractivity contribution in [2.75, 3.05) is 19.4 Å². The summed E-state index contributed by atoms with van der Waals surface area (Å²) in [5, 5.41) is 5.00. The molecule has 1 aromatic heterocycles. The molecule has 0 radical (unpaired) electrons. The lowest BCUT2D eigenvalue weighted by atomic mass is 10.1. The number of anilines is 1. The zero-order valence-corrected chi connectivity index (χ0v) is 20.6. The molecule has 1 N–H and O–H groups in total. The van der Waals surface area contributed by atoms with Crippen LogP contribution in [0.5, 0.6) is 11.6 Å². The van der Waals surface area contributed by atoms with E-state index in [-0.39, 0.29) is 18.1 Å². The van der Waals surface area contributed by atoms with E-state index in [1.807, 2.05) is 49.3 Å². The molecule has 35 heavy (non-hydrogen) atoms. The van der Waals surface area contributed by atoms with E-state index in [1.165, 1.54) is 36.2 Å². The Labute approximate surface area is 211 Å². The number of aromatic nitrogens is 1. The quantitative estimate of drug-likeness (QED) is 0.165. The first-order valence-electron chi connectivity index (χ1n) is 10.7. The lowest BCUT2D eigenvalue weighted by Gasteiger charge is -2.13. The highest BCUT2D eigenvalue weighted by Gasteiger charge is 2.14. The Kier molecular flexibility index (Phi) is 7.84. The number of nitrogens with zero attached hydrogens (tertiary/aromatic N) is 3. The highest BCUT2D eigenvalue weighted by atomic mass is 35.5. The number of carbonyl (C=O) groups is 1. The maximum Gasteiger partial charge on any atom is 0.228 e. The third-order valence-electron chi connectivity index (χ3n) is 4.86. The van der Waals surface area contributed by atoms with Crippen molar-refractivity contribution in [3.63, 3.8) is 0 Å². The second-order valence-corrected chi connectivity index (χ2v) is 9.07. The van der Waals surface area contributed by atoms with E-state index < -0.39 is 0 Å². The average molecular weight is 509 g/mol. The smallest absolute Gasteiger partial charge is 0.228 e. The number of pyridine rings is 1. The van der Waals surface area contributed by atoms with Crippen LogP contribution in [0.3, 0.4) is 0 Å². The molecule has 0 saturated carbocycles. The molecule has 0 bridgehead atoms. The van der Waals surface area contributed by atoms with Crippen LogP contribution in [-0.4, -0.2) is 36.2 Å². The predicted molar refractivity (Wildman–Crippen MR) is 140 cm³/mol. The Bertz CT molecular complexity index is 1380. The van der Waals surface area contributed by atoms with Gasteiger partial charge in [0.15, 0.2) is 0 Å². The van der Waals surface area contributed by atoms with Crippen molar-refractivity contribution < 1.29 is 13.9 Å². The van der Waals surface area contributed by atoms with Gasteiger partial charge in [-0.2, -0.15) is 0 Å². The van der Waals surface area contributed by atoms with Crippen molar-refractivity contribution in [3.05, 3.63) is 89.3 Å². The molecule has 178 valence electrons. The van der Waals surface area contributed by atoms with E-state index in [4.69, 9.17) is 16.3 Å². The molecule has 0 fully saturated rings. The average Bonchev–Trinajstić information content (AvgIpc) is 2.82. The zero-order valence-electron chi connectivity index (χ0n) is 19.0. The van der Waals surface area contributed by atoms with Gasteiger partial charge in [-0.25, -0.2) is 13.8 Å². The second-order valence-electron chi connectivity index (χ2n) is 7.83. The lowest BCUT2D eigenvalue weighted by Crippen LogP contribution is -2.14. The van der Waals surface area contributed by atoms with Gasteiger partial charge in [0.1, 0.15) is 11.6 Å². The number of nitrogens with one attached hydrogen (secondary N) is 1. The number of fused-ring (bicyclic) bond motifs is 1. The number of ether oxygens (including phenoxy) is 1. The van der Waals surface area contributed by atoms with Crippen molar-refractivity contribution in [2.24, 2.45) is 4.40 Å². The maximum atomic E-state index is 13.3. The van der Waals surface area contributed by atoms with Gasteiger partial charge in [-0.15, -0.1) is 0 Å². The summed E-state index contributed by atoms with van der Waals surface area (Å²) < 4.78 is 23.7. The van der Waals surface area contributed by atoms with Crippen LogP contribution >= 0.6 is 23.5 Å². The summed E-state index contributed by atoms with van der Waals surface area (Å²) in [6, 6.07) is 18.4. The normalized spacial score (nSPS) is 11.1. The van der Waals surface area contributed by atoms with Crippen LogP contribution < -0.4 is 10.1 Å². The fourth-order valence-corrected chi connectivity index (χ4v) is 4.27. The minimum Gasteiger partial charge on any atom is -0.438 e. The van der Waals surface area contributed by atoms with Crippen molar-refractivity contribution in [2.45, 2.75) is 11.3 Å². The van der Waals surface area contributed by atoms with E-state index in [9.17, 15) is 9.18 Å². The highest BCUT2D eigenvalue weighted by Crippen LogP contribution is 2.37. The van der Waals surface area contributed by atoms with E-state index >= 15 is 0 Å². The van der Waals surface area contributed by atoms with Crippen LogP contribution in [0.4, 0.5) is 10.1 Å². The predicted octanol–water partition coefficient (Wildman–Crippen LogP) is 6.60. The fourth-order valence-electron chi connectivity index (χ4n) is 3.26. The molecular weight excluding hydrogens is 487 g/mol.